The minimum Gasteiger partial charge on any atom is -0.362 e. The summed E-state index contributed by atoms with van der Waals surface area (Å²) in [6.45, 7) is 0. The highest BCUT2D eigenvalue weighted by Crippen LogP contribution is 2.29. The van der Waals surface area contributed by atoms with Gasteiger partial charge in [0, 0.05) is 42.5 Å². The average Bonchev–Trinajstić information content (AvgIpc) is 2.76. The summed E-state index contributed by atoms with van der Waals surface area (Å²) in [6.07, 6.45) is 8.86. The van der Waals surface area contributed by atoms with Crippen molar-refractivity contribution in [2.24, 2.45) is 0 Å². The Morgan fingerprint density at radius 2 is 1.68 bits per heavy atom. The van der Waals surface area contributed by atoms with E-state index < -0.39 is 0 Å². The van der Waals surface area contributed by atoms with Gasteiger partial charge in [0.05, 0.1) is 5.69 Å². The van der Waals surface area contributed by atoms with Crippen LogP contribution in [0.2, 0.25) is 5.02 Å². The lowest BCUT2D eigenvalue weighted by Crippen LogP contribution is -2.42. The molecule has 0 unspecified atom stereocenters. The molecule has 31 heavy (non-hydrogen) atoms. The number of benzene rings is 1. The molecule has 8 heteroatoms. The summed E-state index contributed by atoms with van der Waals surface area (Å²) in [5.41, 5.74) is 3.50. The second-order valence-corrected chi connectivity index (χ2v) is 9.54. The van der Waals surface area contributed by atoms with Crippen molar-refractivity contribution < 1.29 is 0 Å². The number of halogens is 1. The van der Waals surface area contributed by atoms with Gasteiger partial charge in [-0.2, -0.15) is 4.98 Å². The molecule has 1 aromatic heterocycles. The first kappa shape index (κ1) is 22.1. The van der Waals surface area contributed by atoms with Crippen molar-refractivity contribution in [3.05, 3.63) is 40.5 Å². The Balaban J connectivity index is 1.29. The number of nitrogens with zero attached hydrogens (tertiary/aromatic N) is 3. The molecule has 166 valence electrons. The molecule has 0 radical (unpaired) electrons. The van der Waals surface area contributed by atoms with Gasteiger partial charge in [0.25, 0.3) is 0 Å². The lowest BCUT2D eigenvalue weighted by molar-refractivity contribution is 0.387. The van der Waals surface area contributed by atoms with E-state index >= 15 is 0 Å². The van der Waals surface area contributed by atoms with Crippen molar-refractivity contribution in [2.45, 2.75) is 63.5 Å². The van der Waals surface area contributed by atoms with Crippen LogP contribution in [-0.2, 0) is 12.8 Å². The van der Waals surface area contributed by atoms with Crippen molar-refractivity contribution in [3.63, 3.8) is 0 Å². The average molecular weight is 459 g/mol. The maximum Gasteiger partial charge on any atom is 0.225 e. The minimum atomic E-state index is 0.382. The fourth-order valence-corrected chi connectivity index (χ4v) is 4.87. The van der Waals surface area contributed by atoms with Gasteiger partial charge in [0.15, 0.2) is 5.11 Å². The van der Waals surface area contributed by atoms with Crippen LogP contribution in [0.15, 0.2) is 24.3 Å². The number of thiocarbonyl (C=S) groups is 1. The number of hydrogen-bond donors (Lipinski definition) is 3. The molecular formula is C23H31ClN6S. The fourth-order valence-electron chi connectivity index (χ4n) is 4.46. The van der Waals surface area contributed by atoms with E-state index in [1.165, 1.54) is 24.1 Å². The third kappa shape index (κ3) is 5.77. The summed E-state index contributed by atoms with van der Waals surface area (Å²) < 4.78 is 0. The molecule has 0 saturated heterocycles. The molecule has 2 aromatic rings. The normalized spacial score (nSPS) is 20.5. The van der Waals surface area contributed by atoms with Gasteiger partial charge in [-0.05, 0) is 87.8 Å². The molecule has 1 aromatic carbocycles. The van der Waals surface area contributed by atoms with Crippen molar-refractivity contribution >= 4 is 46.4 Å². The smallest absolute Gasteiger partial charge is 0.225 e. The Hall–Kier alpha value is -2.12. The third-order valence-electron chi connectivity index (χ3n) is 6.08. The molecule has 0 atom stereocenters. The van der Waals surface area contributed by atoms with Crippen LogP contribution in [0.5, 0.6) is 0 Å². The summed E-state index contributed by atoms with van der Waals surface area (Å²) in [6, 6.07) is 8.34. The predicted molar refractivity (Wildman–Crippen MR) is 133 cm³/mol. The monoisotopic (exact) mass is 458 g/mol. The van der Waals surface area contributed by atoms with E-state index in [1.54, 1.807) is 0 Å². The molecule has 1 heterocycles. The van der Waals surface area contributed by atoms with Crippen molar-refractivity contribution in [1.82, 2.24) is 15.3 Å². The summed E-state index contributed by atoms with van der Waals surface area (Å²) >= 11 is 11.4. The third-order valence-corrected chi connectivity index (χ3v) is 6.55. The van der Waals surface area contributed by atoms with Crippen LogP contribution in [0, 0.1) is 0 Å². The first-order valence-electron chi connectivity index (χ1n) is 11.1. The number of rotatable bonds is 5. The Morgan fingerprint density at radius 1 is 1.00 bits per heavy atom. The molecule has 0 amide bonds. The molecule has 4 rings (SSSR count). The van der Waals surface area contributed by atoms with E-state index in [1.807, 2.05) is 24.3 Å². The van der Waals surface area contributed by atoms with Crippen molar-refractivity contribution in [1.29, 1.82) is 0 Å². The van der Waals surface area contributed by atoms with Crippen LogP contribution in [0.25, 0.3) is 0 Å². The van der Waals surface area contributed by atoms with Crippen LogP contribution in [0.1, 0.15) is 49.8 Å². The molecule has 1 saturated carbocycles. The molecule has 3 N–H and O–H groups in total. The molecule has 1 fully saturated rings. The maximum atomic E-state index is 5.94. The Bertz CT molecular complexity index is 909. The van der Waals surface area contributed by atoms with E-state index in [0.717, 1.165) is 61.0 Å². The molecule has 0 bridgehead atoms. The SMILES string of the molecule is CN(C)c1nc(N[C@H]2CC[C@@H](NC(=S)Nc3ccc(Cl)cc3)CC2)nc2c1CCCC2. The van der Waals surface area contributed by atoms with Crippen molar-refractivity contribution in [3.8, 4) is 0 Å². The zero-order valence-electron chi connectivity index (χ0n) is 18.2. The minimum absolute atomic E-state index is 0.382. The maximum absolute atomic E-state index is 5.94. The number of anilines is 3. The van der Waals surface area contributed by atoms with Gasteiger partial charge in [-0.3, -0.25) is 0 Å². The van der Waals surface area contributed by atoms with Gasteiger partial charge in [-0.1, -0.05) is 11.6 Å². The van der Waals surface area contributed by atoms with E-state index in [4.69, 9.17) is 33.8 Å². The zero-order valence-corrected chi connectivity index (χ0v) is 19.8. The molecule has 2 aliphatic rings. The van der Waals surface area contributed by atoms with Crippen molar-refractivity contribution in [2.75, 3.05) is 29.6 Å². The summed E-state index contributed by atoms with van der Waals surface area (Å²) in [7, 11) is 4.14. The quantitative estimate of drug-likeness (QED) is 0.557. The van der Waals surface area contributed by atoms with Gasteiger partial charge >= 0.3 is 0 Å². The van der Waals surface area contributed by atoms with Crippen LogP contribution >= 0.6 is 23.8 Å². The summed E-state index contributed by atoms with van der Waals surface area (Å²) in [4.78, 5) is 11.8. The molecule has 0 aliphatic heterocycles. The van der Waals surface area contributed by atoms with E-state index in [9.17, 15) is 0 Å². The largest absolute Gasteiger partial charge is 0.362 e. The van der Waals surface area contributed by atoms with Crippen LogP contribution in [0.4, 0.5) is 17.5 Å². The summed E-state index contributed by atoms with van der Waals surface area (Å²) in [5, 5.41) is 11.7. The molecule has 0 spiro atoms. The Labute approximate surface area is 195 Å². The lowest BCUT2D eigenvalue weighted by atomic mass is 9.91. The van der Waals surface area contributed by atoms with E-state index in [-0.39, 0.29) is 0 Å². The molecule has 6 nitrogen and oxygen atoms in total. The van der Waals surface area contributed by atoms with Crippen LogP contribution < -0.4 is 20.9 Å². The van der Waals surface area contributed by atoms with Gasteiger partial charge in [-0.25, -0.2) is 4.98 Å². The molecular weight excluding hydrogens is 428 g/mol. The van der Waals surface area contributed by atoms with E-state index in [0.29, 0.717) is 17.2 Å². The standard InChI is InChI=1S/C23H31ClN6S/c1-30(2)21-19-5-3-4-6-20(19)28-22(29-21)25-16-11-13-18(14-12-16)27-23(31)26-17-9-7-15(24)8-10-17/h7-10,16,18H,3-6,11-14H2,1-2H3,(H,25,28,29)(H2,26,27,31)/t16-,18+. The fraction of sp³-hybridized carbons (Fsp3) is 0.522. The second kappa shape index (κ2) is 10.0. The Morgan fingerprint density at radius 3 is 2.39 bits per heavy atom. The highest BCUT2D eigenvalue weighted by atomic mass is 35.5. The van der Waals surface area contributed by atoms with Crippen LogP contribution in [-0.4, -0.2) is 41.3 Å². The lowest BCUT2D eigenvalue weighted by Gasteiger charge is -2.31. The Kier molecular flexibility index (Phi) is 7.13. The first-order valence-corrected chi connectivity index (χ1v) is 11.9. The highest BCUT2D eigenvalue weighted by molar-refractivity contribution is 7.80. The number of nitrogens with one attached hydrogen (secondary N) is 3. The number of fused-ring (bicyclic) bond motifs is 1. The van der Waals surface area contributed by atoms with Gasteiger partial charge in [-0.15, -0.1) is 0 Å². The first-order chi connectivity index (χ1) is 15.0. The van der Waals surface area contributed by atoms with Gasteiger partial charge in [0.1, 0.15) is 5.82 Å². The predicted octanol–water partition coefficient (Wildman–Crippen LogP) is 4.78. The second-order valence-electron chi connectivity index (χ2n) is 8.70. The van der Waals surface area contributed by atoms with Gasteiger partial charge in [0.2, 0.25) is 5.95 Å². The zero-order chi connectivity index (χ0) is 21.8. The number of hydrogen-bond acceptors (Lipinski definition) is 5. The number of aromatic nitrogens is 2. The van der Waals surface area contributed by atoms with Gasteiger partial charge < -0.3 is 20.9 Å². The van der Waals surface area contributed by atoms with E-state index in [2.05, 4.69) is 34.9 Å². The topological polar surface area (TPSA) is 65.1 Å². The van der Waals surface area contributed by atoms with Crippen LogP contribution in [0.3, 0.4) is 0 Å². The summed E-state index contributed by atoms with van der Waals surface area (Å²) in [5.74, 6) is 1.85. The molecule has 2 aliphatic carbocycles. The number of aryl methyl sites for hydroxylation is 1. The highest BCUT2D eigenvalue weighted by Gasteiger charge is 2.24.